The van der Waals surface area contributed by atoms with Crippen LogP contribution in [0.4, 0.5) is 0 Å². The van der Waals surface area contributed by atoms with Gasteiger partial charge in [0.15, 0.2) is 11.5 Å². The van der Waals surface area contributed by atoms with Crippen LogP contribution in [-0.2, 0) is 4.79 Å². The average Bonchev–Trinajstić information content (AvgIpc) is 2.20. The second kappa shape index (κ2) is 4.29. The molecule has 0 unspecified atom stereocenters. The molecule has 0 saturated carbocycles. The highest BCUT2D eigenvalue weighted by Crippen LogP contribution is 2.28. The van der Waals surface area contributed by atoms with E-state index in [9.17, 15) is 15.0 Å². The van der Waals surface area contributed by atoms with Gasteiger partial charge in [-0.3, -0.25) is 4.79 Å². The maximum atomic E-state index is 11.0. The molecule has 1 aromatic carbocycles. The Morgan fingerprint density at radius 3 is 2.53 bits per heavy atom. The Hall–Kier alpha value is -1.59. The summed E-state index contributed by atoms with van der Waals surface area (Å²) in [5.74, 6) is -1.50. The van der Waals surface area contributed by atoms with Crippen molar-refractivity contribution in [2.24, 2.45) is 5.73 Å². The smallest absolute Gasteiger partial charge is 0.157 e. The van der Waals surface area contributed by atoms with Crippen molar-refractivity contribution >= 4 is 5.78 Å². The minimum absolute atomic E-state index is 0.0861. The predicted octanol–water partition coefficient (Wildman–Crippen LogP) is 0.0475. The van der Waals surface area contributed by atoms with Crippen LogP contribution in [0.25, 0.3) is 0 Å². The number of phenolic OH excluding ortho intramolecular Hbond substituents is 2. The van der Waals surface area contributed by atoms with Crippen molar-refractivity contribution in [3.63, 3.8) is 0 Å². The lowest BCUT2D eigenvalue weighted by Gasteiger charge is -2.16. The average molecular weight is 212 g/mol. The quantitative estimate of drug-likeness (QED) is 0.530. The van der Waals surface area contributed by atoms with Crippen LogP contribution in [0.2, 0.25) is 0 Å². The number of Topliss-reactive ketones (excluding diaryl/α,β-unsaturated/α-hetero) is 1. The number of phenols is 2. The molecule has 0 saturated heterocycles. The number of aliphatic hydroxyl groups is 1. The SMILES string of the molecule is [2H][C@](N)(C(C)=O)[C@H](O)c1ccc(O)c(O)c1. The lowest BCUT2D eigenvalue weighted by atomic mass is 10.00. The van der Waals surface area contributed by atoms with Gasteiger partial charge < -0.3 is 21.1 Å². The molecule has 1 aromatic rings. The first kappa shape index (κ1) is 9.95. The lowest BCUT2D eigenvalue weighted by molar-refractivity contribution is -0.120. The van der Waals surface area contributed by atoms with E-state index in [4.69, 9.17) is 12.2 Å². The molecule has 0 aliphatic carbocycles. The third-order valence-electron chi connectivity index (χ3n) is 2.02. The summed E-state index contributed by atoms with van der Waals surface area (Å²) >= 11 is 0. The van der Waals surface area contributed by atoms with Crippen LogP contribution in [0.3, 0.4) is 0 Å². The second-order valence-corrected chi connectivity index (χ2v) is 3.16. The van der Waals surface area contributed by atoms with Crippen LogP contribution >= 0.6 is 0 Å². The van der Waals surface area contributed by atoms with Crippen molar-refractivity contribution in [3.05, 3.63) is 23.8 Å². The summed E-state index contributed by atoms with van der Waals surface area (Å²) in [6, 6.07) is 1.30. The molecular weight excluding hydrogens is 198 g/mol. The molecule has 0 heterocycles. The molecule has 5 N–H and O–H groups in total. The molecule has 0 fully saturated rings. The van der Waals surface area contributed by atoms with Gasteiger partial charge in [0.2, 0.25) is 0 Å². The number of aromatic hydroxyl groups is 2. The zero-order chi connectivity index (χ0) is 12.5. The minimum atomic E-state index is -2.18. The van der Waals surface area contributed by atoms with E-state index in [2.05, 4.69) is 0 Å². The molecule has 0 aromatic heterocycles. The number of hydrogen-bond donors (Lipinski definition) is 4. The van der Waals surface area contributed by atoms with Crippen molar-refractivity contribution in [1.82, 2.24) is 0 Å². The van der Waals surface area contributed by atoms with Gasteiger partial charge in [0.25, 0.3) is 0 Å². The molecule has 5 heteroatoms. The Morgan fingerprint density at radius 2 is 2.07 bits per heavy atom. The molecule has 0 radical (unpaired) electrons. The highest BCUT2D eigenvalue weighted by molar-refractivity contribution is 5.82. The topological polar surface area (TPSA) is 104 Å². The summed E-state index contributed by atoms with van der Waals surface area (Å²) in [7, 11) is 0. The predicted molar refractivity (Wildman–Crippen MR) is 53.4 cm³/mol. The van der Waals surface area contributed by atoms with Gasteiger partial charge in [0.1, 0.15) is 11.9 Å². The fourth-order valence-electron chi connectivity index (χ4n) is 1.08. The van der Waals surface area contributed by atoms with E-state index in [0.29, 0.717) is 0 Å². The molecule has 0 amide bonds. The highest BCUT2D eigenvalue weighted by Gasteiger charge is 2.21. The van der Waals surface area contributed by atoms with Gasteiger partial charge in [-0.1, -0.05) is 6.07 Å². The molecule has 2 atom stereocenters. The minimum Gasteiger partial charge on any atom is -0.504 e. The van der Waals surface area contributed by atoms with Gasteiger partial charge in [-0.15, -0.1) is 0 Å². The molecule has 0 spiro atoms. The Labute approximate surface area is 88.2 Å². The van der Waals surface area contributed by atoms with E-state index in [0.717, 1.165) is 19.1 Å². The van der Waals surface area contributed by atoms with Gasteiger partial charge in [0.05, 0.1) is 7.39 Å². The Balaban J connectivity index is 3.10. The number of nitrogens with two attached hydrogens (primary N) is 1. The normalized spacial score (nSPS) is 17.7. The summed E-state index contributed by atoms with van der Waals surface area (Å²) in [4.78, 5) is 11.0. The Bertz CT molecular complexity index is 419. The maximum Gasteiger partial charge on any atom is 0.157 e. The van der Waals surface area contributed by atoms with Crippen molar-refractivity contribution in [2.45, 2.75) is 19.0 Å². The van der Waals surface area contributed by atoms with Crippen LogP contribution in [0, 0.1) is 0 Å². The molecule has 1 rings (SSSR count). The van der Waals surface area contributed by atoms with Crippen LogP contribution in [0.15, 0.2) is 18.2 Å². The van der Waals surface area contributed by atoms with E-state index in [1.54, 1.807) is 0 Å². The molecule has 82 valence electrons. The first-order valence-electron chi connectivity index (χ1n) is 4.76. The number of ketones is 1. The number of benzene rings is 1. The molecular formula is C10H13NO4. The first-order chi connectivity index (χ1) is 7.26. The summed E-state index contributed by atoms with van der Waals surface area (Å²) in [5.41, 5.74) is 5.43. The molecule has 5 nitrogen and oxygen atoms in total. The molecule has 0 aliphatic rings. The number of hydrogen-bond acceptors (Lipinski definition) is 5. The zero-order valence-electron chi connectivity index (χ0n) is 9.14. The van der Waals surface area contributed by atoms with E-state index in [1.165, 1.54) is 6.07 Å². The van der Waals surface area contributed by atoms with Crippen molar-refractivity contribution in [2.75, 3.05) is 0 Å². The first-order valence-corrected chi connectivity index (χ1v) is 4.26. The molecule has 0 aliphatic heterocycles. The van der Waals surface area contributed by atoms with Gasteiger partial charge in [0, 0.05) is 0 Å². The number of rotatable bonds is 3. The monoisotopic (exact) mass is 212 g/mol. The summed E-state index contributed by atoms with van der Waals surface area (Å²) < 4.78 is 7.48. The highest BCUT2D eigenvalue weighted by atomic mass is 16.3. The van der Waals surface area contributed by atoms with Crippen LogP contribution in [0.5, 0.6) is 11.5 Å². The van der Waals surface area contributed by atoms with Crippen LogP contribution < -0.4 is 5.73 Å². The Kier molecular flexibility index (Phi) is 2.84. The summed E-state index contributed by atoms with van der Waals surface area (Å²) in [6.45, 7) is 1.09. The summed E-state index contributed by atoms with van der Waals surface area (Å²) in [5, 5.41) is 28.0. The van der Waals surface area contributed by atoms with Crippen LogP contribution in [-0.4, -0.2) is 27.1 Å². The van der Waals surface area contributed by atoms with E-state index >= 15 is 0 Å². The van der Waals surface area contributed by atoms with E-state index < -0.39 is 23.7 Å². The third-order valence-corrected chi connectivity index (χ3v) is 2.02. The van der Waals surface area contributed by atoms with E-state index in [-0.39, 0.29) is 11.3 Å². The third kappa shape index (κ3) is 2.45. The maximum absolute atomic E-state index is 11.0. The zero-order valence-corrected chi connectivity index (χ0v) is 8.14. The van der Waals surface area contributed by atoms with Gasteiger partial charge in [-0.05, 0) is 24.6 Å². The lowest BCUT2D eigenvalue weighted by Crippen LogP contribution is -2.35. The van der Waals surface area contributed by atoms with Gasteiger partial charge in [-0.2, -0.15) is 0 Å². The van der Waals surface area contributed by atoms with E-state index in [1.807, 2.05) is 0 Å². The largest absolute Gasteiger partial charge is 0.504 e. The fourth-order valence-corrected chi connectivity index (χ4v) is 1.08. The number of aliphatic hydroxyl groups excluding tert-OH is 1. The van der Waals surface area contributed by atoms with Gasteiger partial charge >= 0.3 is 0 Å². The molecule has 0 bridgehead atoms. The summed E-state index contributed by atoms with van der Waals surface area (Å²) in [6.07, 6.45) is -1.57. The van der Waals surface area contributed by atoms with Crippen molar-refractivity contribution in [3.8, 4) is 11.5 Å². The van der Waals surface area contributed by atoms with Crippen molar-refractivity contribution < 1.29 is 21.5 Å². The molecule has 15 heavy (non-hydrogen) atoms. The second-order valence-electron chi connectivity index (χ2n) is 3.16. The van der Waals surface area contributed by atoms with Crippen LogP contribution in [0.1, 0.15) is 20.0 Å². The van der Waals surface area contributed by atoms with Gasteiger partial charge in [-0.25, -0.2) is 0 Å². The number of carbonyl (C=O) groups excluding carboxylic acids is 1. The number of carbonyl (C=O) groups is 1. The Morgan fingerprint density at radius 1 is 1.47 bits per heavy atom. The fraction of sp³-hybridized carbons (Fsp3) is 0.300. The van der Waals surface area contributed by atoms with Crippen molar-refractivity contribution in [1.29, 1.82) is 0 Å². The standard InChI is InChI=1S/C10H13NO4/c1-5(12)9(11)10(15)6-2-3-7(13)8(14)4-6/h2-4,9-10,13-15H,11H2,1H3/t9-,10+/m0/s1/i9D.